The number of amides is 1. The normalized spacial score (nSPS) is 13.1. The molecule has 0 heterocycles. The fourth-order valence-corrected chi connectivity index (χ4v) is 8.52. The maximum absolute atomic E-state index is 12.4. The fourth-order valence-electron chi connectivity index (χ4n) is 8.52. The summed E-state index contributed by atoms with van der Waals surface area (Å²) < 4.78 is 5.48. The van der Waals surface area contributed by atoms with Crippen LogP contribution in [0.3, 0.4) is 0 Å². The van der Waals surface area contributed by atoms with E-state index in [1.165, 1.54) is 193 Å². The van der Waals surface area contributed by atoms with E-state index in [-0.39, 0.29) is 18.5 Å². The van der Waals surface area contributed by atoms with Gasteiger partial charge < -0.3 is 20.3 Å². The molecule has 390 valence electrons. The number of allylic oxidation sites excluding steroid dienone is 9. The van der Waals surface area contributed by atoms with Crippen LogP contribution in [0, 0.1) is 0 Å². The Kier molecular flexibility index (Phi) is 54.1. The lowest BCUT2D eigenvalue weighted by molar-refractivity contribution is -0.143. The zero-order valence-corrected chi connectivity index (χ0v) is 44.4. The largest absolute Gasteiger partial charge is 0.466 e. The number of aliphatic hydroxyl groups excluding tert-OH is 2. The number of hydrogen-bond donors (Lipinski definition) is 3. The van der Waals surface area contributed by atoms with Crippen molar-refractivity contribution in [2.24, 2.45) is 0 Å². The highest BCUT2D eigenvalue weighted by atomic mass is 16.5. The van der Waals surface area contributed by atoms with Gasteiger partial charge in [0.25, 0.3) is 0 Å². The minimum atomic E-state index is -0.850. The highest BCUT2D eigenvalue weighted by Gasteiger charge is 2.18. The number of ether oxygens (including phenoxy) is 1. The molecule has 0 aromatic carbocycles. The maximum Gasteiger partial charge on any atom is 0.305 e. The van der Waals surface area contributed by atoms with Gasteiger partial charge in [-0.1, -0.05) is 242 Å². The summed E-state index contributed by atoms with van der Waals surface area (Å²) in [6.07, 6.45) is 72.5. The van der Waals surface area contributed by atoms with Gasteiger partial charge in [-0.3, -0.25) is 9.59 Å². The van der Waals surface area contributed by atoms with Crippen molar-refractivity contribution in [2.45, 2.75) is 302 Å². The Balaban J connectivity index is 3.45. The third kappa shape index (κ3) is 52.8. The van der Waals surface area contributed by atoms with Crippen LogP contribution < -0.4 is 5.32 Å². The summed E-state index contributed by atoms with van der Waals surface area (Å²) in [6.45, 7) is 4.84. The molecule has 6 nitrogen and oxygen atoms in total. The van der Waals surface area contributed by atoms with Gasteiger partial charge in [0.1, 0.15) is 0 Å². The number of esters is 1. The van der Waals surface area contributed by atoms with Crippen LogP contribution in [0.5, 0.6) is 0 Å². The molecule has 0 fully saturated rings. The molecule has 0 aliphatic carbocycles. The van der Waals surface area contributed by atoms with Crippen LogP contribution >= 0.6 is 0 Å². The highest BCUT2D eigenvalue weighted by molar-refractivity contribution is 5.76. The maximum atomic E-state index is 12.4. The van der Waals surface area contributed by atoms with Crippen molar-refractivity contribution in [3.05, 3.63) is 60.8 Å². The van der Waals surface area contributed by atoms with E-state index in [4.69, 9.17) is 4.74 Å². The molecule has 2 atom stereocenters. The topological polar surface area (TPSA) is 95.9 Å². The van der Waals surface area contributed by atoms with Gasteiger partial charge in [-0.05, 0) is 96.3 Å². The number of unbranched alkanes of at least 4 members (excludes halogenated alkanes) is 34. The third-order valence-corrected chi connectivity index (χ3v) is 13.0. The molecule has 67 heavy (non-hydrogen) atoms. The molecule has 1 amide bonds. The zero-order chi connectivity index (χ0) is 48.6. The van der Waals surface area contributed by atoms with Gasteiger partial charge in [0.2, 0.25) is 5.91 Å². The summed E-state index contributed by atoms with van der Waals surface area (Å²) in [7, 11) is 0. The van der Waals surface area contributed by atoms with E-state index in [0.29, 0.717) is 19.4 Å². The molecule has 0 saturated carbocycles. The van der Waals surface area contributed by atoms with E-state index in [9.17, 15) is 19.8 Å². The van der Waals surface area contributed by atoms with Gasteiger partial charge in [0, 0.05) is 12.8 Å². The second kappa shape index (κ2) is 56.2. The first-order valence-electron chi connectivity index (χ1n) is 29.1. The fraction of sp³-hybridized carbons (Fsp3) is 0.803. The van der Waals surface area contributed by atoms with E-state index >= 15 is 0 Å². The SMILES string of the molecule is CCCCC/C=C\C/C=C\CCCCCCCCCC(=O)OCCCCCCCCCCC/C=C\C/C=C\CCCCCCCCCC(=O)NC(CO)C(O)/C=C/CCCCCCCCCC. The van der Waals surface area contributed by atoms with Crippen molar-refractivity contribution in [1.29, 1.82) is 0 Å². The number of carbonyl (C=O) groups excluding carboxylic acids is 2. The average molecular weight is 939 g/mol. The van der Waals surface area contributed by atoms with Gasteiger partial charge in [-0.25, -0.2) is 0 Å². The van der Waals surface area contributed by atoms with E-state index in [1.807, 2.05) is 6.08 Å². The van der Waals surface area contributed by atoms with E-state index < -0.39 is 12.1 Å². The van der Waals surface area contributed by atoms with Crippen LogP contribution in [0.4, 0.5) is 0 Å². The molecule has 0 aromatic rings. The van der Waals surface area contributed by atoms with Crippen LogP contribution in [0.15, 0.2) is 60.8 Å². The van der Waals surface area contributed by atoms with Crippen molar-refractivity contribution in [1.82, 2.24) is 5.32 Å². The zero-order valence-electron chi connectivity index (χ0n) is 44.4. The summed E-state index contributed by atoms with van der Waals surface area (Å²) in [5, 5.41) is 23.0. The number of nitrogens with one attached hydrogen (secondary N) is 1. The van der Waals surface area contributed by atoms with E-state index in [1.54, 1.807) is 6.08 Å². The predicted molar refractivity (Wildman–Crippen MR) is 292 cm³/mol. The molecule has 3 N–H and O–H groups in total. The Bertz CT molecular complexity index is 1170. The van der Waals surface area contributed by atoms with Gasteiger partial charge in [0.05, 0.1) is 25.4 Å². The van der Waals surface area contributed by atoms with Gasteiger partial charge in [-0.15, -0.1) is 0 Å². The van der Waals surface area contributed by atoms with Gasteiger partial charge >= 0.3 is 5.97 Å². The molecule has 0 spiro atoms. The molecular formula is C61H111NO5. The molecule has 2 unspecified atom stereocenters. The minimum Gasteiger partial charge on any atom is -0.466 e. The number of carbonyl (C=O) groups is 2. The van der Waals surface area contributed by atoms with Crippen molar-refractivity contribution in [2.75, 3.05) is 13.2 Å². The summed E-state index contributed by atoms with van der Waals surface area (Å²) >= 11 is 0. The molecule has 0 rings (SSSR count). The van der Waals surface area contributed by atoms with Gasteiger partial charge in [0.15, 0.2) is 0 Å². The minimum absolute atomic E-state index is 0.00222. The van der Waals surface area contributed by atoms with Crippen molar-refractivity contribution in [3.63, 3.8) is 0 Å². The van der Waals surface area contributed by atoms with Crippen LogP contribution in [0.2, 0.25) is 0 Å². The van der Waals surface area contributed by atoms with E-state index in [2.05, 4.69) is 67.8 Å². The van der Waals surface area contributed by atoms with Crippen LogP contribution in [-0.2, 0) is 14.3 Å². The average Bonchev–Trinajstić information content (AvgIpc) is 3.33. The lowest BCUT2D eigenvalue weighted by Gasteiger charge is -2.20. The van der Waals surface area contributed by atoms with Gasteiger partial charge in [-0.2, -0.15) is 0 Å². The number of hydrogen-bond acceptors (Lipinski definition) is 5. The summed E-state index contributed by atoms with van der Waals surface area (Å²) in [6, 6.07) is -0.635. The molecule has 0 aromatic heterocycles. The molecule has 0 radical (unpaired) electrons. The smallest absolute Gasteiger partial charge is 0.305 e. The molecule has 6 heteroatoms. The first kappa shape index (κ1) is 64.6. The monoisotopic (exact) mass is 938 g/mol. The number of rotatable bonds is 53. The van der Waals surface area contributed by atoms with Crippen molar-refractivity contribution in [3.8, 4) is 0 Å². The molecule has 0 aliphatic heterocycles. The first-order chi connectivity index (χ1) is 33.0. The highest BCUT2D eigenvalue weighted by Crippen LogP contribution is 2.15. The Hall–Kier alpha value is -2.44. The van der Waals surface area contributed by atoms with Crippen LogP contribution in [-0.4, -0.2) is 47.4 Å². The van der Waals surface area contributed by atoms with E-state index in [0.717, 1.165) is 70.6 Å². The Morgan fingerprint density at radius 2 is 0.746 bits per heavy atom. The lowest BCUT2D eigenvalue weighted by Crippen LogP contribution is -2.45. The third-order valence-electron chi connectivity index (χ3n) is 13.0. The molecule has 0 saturated heterocycles. The summed E-state index contributed by atoms with van der Waals surface area (Å²) in [4.78, 5) is 24.5. The second-order valence-corrected chi connectivity index (χ2v) is 19.6. The molecule has 0 aliphatic rings. The van der Waals surface area contributed by atoms with Crippen molar-refractivity contribution >= 4 is 11.9 Å². The Morgan fingerprint density at radius 3 is 1.16 bits per heavy atom. The second-order valence-electron chi connectivity index (χ2n) is 19.6. The Labute approximate surface area is 416 Å². The standard InChI is InChI=1S/C61H111NO5/c1-3-5-7-9-11-13-15-16-17-25-29-32-35-39-43-47-51-55-61(66)67-56-52-48-44-40-36-33-30-27-24-22-20-18-19-21-23-26-28-31-34-38-42-46-50-54-60(65)62-58(57-63)59(64)53-49-45-41-37-14-12-10-8-6-4-2/h11,13,16-18,20-21,23,49,53,58-59,63-64H,3-10,12,14-15,19,22,24-48,50-52,54-57H2,1-2H3,(H,62,65)/b13-11-,17-16-,20-18-,23-21-,53-49+. The quantitative estimate of drug-likeness (QED) is 0.0321. The van der Waals surface area contributed by atoms with Crippen LogP contribution in [0.25, 0.3) is 0 Å². The molecular weight excluding hydrogens is 827 g/mol. The summed E-state index contributed by atoms with van der Waals surface area (Å²) in [5.41, 5.74) is 0. The first-order valence-corrected chi connectivity index (χ1v) is 29.1. The molecule has 0 bridgehead atoms. The lowest BCUT2D eigenvalue weighted by atomic mass is 10.1. The van der Waals surface area contributed by atoms with Crippen LogP contribution in [0.1, 0.15) is 290 Å². The summed E-state index contributed by atoms with van der Waals surface area (Å²) in [5.74, 6) is -0.0838. The van der Waals surface area contributed by atoms with Crippen molar-refractivity contribution < 1.29 is 24.5 Å². The Morgan fingerprint density at radius 1 is 0.418 bits per heavy atom. The predicted octanol–water partition coefficient (Wildman–Crippen LogP) is 18.0. The number of aliphatic hydroxyl groups is 2.